The van der Waals surface area contributed by atoms with Gasteiger partial charge in [-0.25, -0.2) is 9.69 Å². The number of imide groups is 1. The third-order valence-corrected chi connectivity index (χ3v) is 4.66. The number of carbonyl (C=O) groups is 4. The summed E-state index contributed by atoms with van der Waals surface area (Å²) in [5, 5.41) is 17.4. The molecule has 198 valence electrons. The Balaban J connectivity index is 2.11. The van der Waals surface area contributed by atoms with Gasteiger partial charge in [0.25, 0.3) is 5.91 Å². The van der Waals surface area contributed by atoms with E-state index in [4.69, 9.17) is 33.9 Å². The molecular formula is C23H30N2O11. The normalized spacial score (nSPS) is 14.5. The van der Waals surface area contributed by atoms with E-state index < -0.39 is 37.0 Å². The molecule has 1 aromatic carbocycles. The Morgan fingerprint density at radius 2 is 1.33 bits per heavy atom. The number of methoxy groups -OCH3 is 1. The van der Waals surface area contributed by atoms with E-state index in [-0.39, 0.29) is 58.6 Å². The number of nitrogens with zero attached hydrogens (tertiary/aromatic N) is 2. The number of esters is 2. The third-order valence-electron chi connectivity index (χ3n) is 4.66. The van der Waals surface area contributed by atoms with Gasteiger partial charge in [0, 0.05) is 0 Å². The maximum Gasteiger partial charge on any atom is 0.332 e. The number of aliphatic hydroxyl groups excluding tert-OH is 2. The fourth-order valence-corrected chi connectivity index (χ4v) is 2.99. The third kappa shape index (κ3) is 8.92. The van der Waals surface area contributed by atoms with Crippen LogP contribution in [-0.4, -0.2) is 117 Å². The molecule has 36 heavy (non-hydrogen) atoms. The zero-order chi connectivity index (χ0) is 26.3. The maximum atomic E-state index is 13.0. The molecule has 1 aromatic rings. The maximum absolute atomic E-state index is 13.0. The van der Waals surface area contributed by atoms with Crippen LogP contribution in [0.2, 0.25) is 0 Å². The first kappa shape index (κ1) is 28.7. The highest BCUT2D eigenvalue weighted by Gasteiger charge is 2.43. The first-order chi connectivity index (χ1) is 17.4. The van der Waals surface area contributed by atoms with E-state index in [1.165, 1.54) is 13.2 Å². The molecule has 1 saturated heterocycles. The van der Waals surface area contributed by atoms with Crippen LogP contribution in [0.5, 0.6) is 5.75 Å². The fourth-order valence-electron chi connectivity index (χ4n) is 2.99. The molecule has 0 saturated carbocycles. The summed E-state index contributed by atoms with van der Waals surface area (Å²) in [4.78, 5) is 52.1. The lowest BCUT2D eigenvalue weighted by molar-refractivity contribution is -0.147. The van der Waals surface area contributed by atoms with Crippen LogP contribution in [0.3, 0.4) is 0 Å². The number of benzene rings is 1. The molecule has 1 aliphatic rings. The lowest BCUT2D eigenvalue weighted by Gasteiger charge is -2.16. The van der Waals surface area contributed by atoms with Gasteiger partial charge >= 0.3 is 18.0 Å². The molecule has 1 fully saturated rings. The largest absolute Gasteiger partial charge is 0.497 e. The minimum absolute atomic E-state index is 0.0385. The predicted octanol–water partition coefficient (Wildman–Crippen LogP) is -0.595. The summed E-state index contributed by atoms with van der Waals surface area (Å²) < 4.78 is 25.1. The Bertz CT molecular complexity index is 917. The topological polar surface area (TPSA) is 161 Å². The number of ether oxygens (including phenoxy) is 5. The van der Waals surface area contributed by atoms with E-state index in [0.717, 1.165) is 4.90 Å². The Hall–Kier alpha value is -3.52. The van der Waals surface area contributed by atoms with Crippen LogP contribution in [0.4, 0.5) is 4.79 Å². The summed E-state index contributed by atoms with van der Waals surface area (Å²) in [5.41, 5.74) is 0.422. The van der Waals surface area contributed by atoms with E-state index in [2.05, 4.69) is 0 Å². The van der Waals surface area contributed by atoms with Crippen molar-refractivity contribution < 1.29 is 53.1 Å². The molecule has 0 atom stereocenters. The van der Waals surface area contributed by atoms with Gasteiger partial charge in [0.1, 0.15) is 37.7 Å². The van der Waals surface area contributed by atoms with Gasteiger partial charge in [-0.3, -0.25) is 19.3 Å². The van der Waals surface area contributed by atoms with Gasteiger partial charge in [0.15, 0.2) is 0 Å². The monoisotopic (exact) mass is 510 g/mol. The van der Waals surface area contributed by atoms with Gasteiger partial charge in [-0.05, 0) is 23.8 Å². The van der Waals surface area contributed by atoms with Crippen molar-refractivity contribution in [3.8, 4) is 5.75 Å². The first-order valence-corrected chi connectivity index (χ1v) is 11.1. The number of urea groups is 1. The number of rotatable bonds is 16. The van der Waals surface area contributed by atoms with E-state index in [1.54, 1.807) is 24.3 Å². The molecular weight excluding hydrogens is 480 g/mol. The Labute approximate surface area is 207 Å². The number of aliphatic hydroxyl groups is 2. The summed E-state index contributed by atoms with van der Waals surface area (Å²) >= 11 is 0. The molecule has 3 amide bonds. The molecule has 0 aliphatic carbocycles. The molecule has 0 unspecified atom stereocenters. The smallest absolute Gasteiger partial charge is 0.332 e. The molecule has 2 N–H and O–H groups in total. The van der Waals surface area contributed by atoms with Crippen molar-refractivity contribution >= 4 is 30.0 Å². The number of carbonyl (C=O) groups excluding carboxylic acids is 4. The molecule has 1 aliphatic heterocycles. The second kappa shape index (κ2) is 15.5. The van der Waals surface area contributed by atoms with Crippen LogP contribution in [0, 0.1) is 0 Å². The first-order valence-electron chi connectivity index (χ1n) is 11.1. The molecule has 0 bridgehead atoms. The summed E-state index contributed by atoms with van der Waals surface area (Å²) in [6.45, 7) is -1.58. The lowest BCUT2D eigenvalue weighted by Crippen LogP contribution is -2.39. The molecule has 0 radical (unpaired) electrons. The van der Waals surface area contributed by atoms with E-state index in [0.29, 0.717) is 16.2 Å². The zero-order valence-electron chi connectivity index (χ0n) is 19.9. The van der Waals surface area contributed by atoms with Crippen LogP contribution in [0.25, 0.3) is 6.08 Å². The number of hydrogen-bond donors (Lipinski definition) is 2. The average molecular weight is 510 g/mol. The van der Waals surface area contributed by atoms with Crippen LogP contribution in [0.1, 0.15) is 5.56 Å². The standard InChI is InChI=1S/C23H30N2O11/c1-32-18-4-2-17(3-5-18)14-19-22(30)25(16-21(29)36-13-11-34-9-7-27)23(31)24(19)15-20(28)35-12-10-33-8-6-26/h2-5,14,26-27H,6-13,15-16H2,1H3/b19-14-. The Morgan fingerprint density at radius 3 is 1.83 bits per heavy atom. The average Bonchev–Trinajstić information content (AvgIpc) is 3.08. The summed E-state index contributed by atoms with van der Waals surface area (Å²) in [6.07, 6.45) is 1.41. The SMILES string of the molecule is COc1ccc(/C=C2/C(=O)N(CC(=O)OCCOCCO)C(=O)N2CC(=O)OCCOCCO)cc1. The molecule has 13 heteroatoms. The van der Waals surface area contributed by atoms with Crippen molar-refractivity contribution in [2.45, 2.75) is 0 Å². The molecule has 0 spiro atoms. The minimum atomic E-state index is -0.887. The van der Waals surface area contributed by atoms with Crippen LogP contribution < -0.4 is 4.74 Å². The highest BCUT2D eigenvalue weighted by Crippen LogP contribution is 2.24. The van der Waals surface area contributed by atoms with Crippen molar-refractivity contribution in [2.24, 2.45) is 0 Å². The summed E-state index contributed by atoms with van der Waals surface area (Å²) in [6, 6.07) is 5.74. The van der Waals surface area contributed by atoms with E-state index >= 15 is 0 Å². The Kier molecular flexibility index (Phi) is 12.3. The zero-order valence-corrected chi connectivity index (χ0v) is 19.9. The number of amides is 3. The van der Waals surface area contributed by atoms with Gasteiger partial charge in [0.2, 0.25) is 0 Å². The van der Waals surface area contributed by atoms with Gasteiger partial charge in [0.05, 0.1) is 46.8 Å². The second-order valence-corrected chi connectivity index (χ2v) is 7.18. The molecule has 0 aromatic heterocycles. The van der Waals surface area contributed by atoms with Gasteiger partial charge < -0.3 is 33.9 Å². The van der Waals surface area contributed by atoms with Gasteiger partial charge in [-0.15, -0.1) is 0 Å². The van der Waals surface area contributed by atoms with Crippen LogP contribution in [0.15, 0.2) is 30.0 Å². The van der Waals surface area contributed by atoms with Gasteiger partial charge in [-0.1, -0.05) is 12.1 Å². The van der Waals surface area contributed by atoms with E-state index in [9.17, 15) is 19.2 Å². The molecule has 2 rings (SSSR count). The molecule has 13 nitrogen and oxygen atoms in total. The number of hydrogen-bond acceptors (Lipinski definition) is 11. The van der Waals surface area contributed by atoms with Crippen molar-refractivity contribution in [3.05, 3.63) is 35.5 Å². The summed E-state index contributed by atoms with van der Waals surface area (Å²) in [7, 11) is 1.50. The van der Waals surface area contributed by atoms with Crippen molar-refractivity contribution in [3.63, 3.8) is 0 Å². The van der Waals surface area contributed by atoms with Crippen molar-refractivity contribution in [2.75, 3.05) is 73.1 Å². The Morgan fingerprint density at radius 1 is 0.806 bits per heavy atom. The summed E-state index contributed by atoms with van der Waals surface area (Å²) in [5.74, 6) is -1.85. The predicted molar refractivity (Wildman–Crippen MR) is 123 cm³/mol. The van der Waals surface area contributed by atoms with Gasteiger partial charge in [-0.2, -0.15) is 0 Å². The fraction of sp³-hybridized carbons (Fsp3) is 0.478. The minimum Gasteiger partial charge on any atom is -0.497 e. The highest BCUT2D eigenvalue weighted by atomic mass is 16.6. The van der Waals surface area contributed by atoms with E-state index in [1.807, 2.05) is 0 Å². The quantitative estimate of drug-likeness (QED) is 0.126. The highest BCUT2D eigenvalue weighted by molar-refractivity contribution is 6.15. The van der Waals surface area contributed by atoms with Crippen LogP contribution in [-0.2, 0) is 33.3 Å². The second-order valence-electron chi connectivity index (χ2n) is 7.18. The van der Waals surface area contributed by atoms with Crippen molar-refractivity contribution in [1.29, 1.82) is 0 Å². The van der Waals surface area contributed by atoms with Crippen LogP contribution >= 0.6 is 0 Å². The lowest BCUT2D eigenvalue weighted by atomic mass is 10.1. The molecule has 1 heterocycles. The van der Waals surface area contributed by atoms with Crippen molar-refractivity contribution in [1.82, 2.24) is 9.80 Å².